The molecule has 0 radical (unpaired) electrons. The van der Waals surface area contributed by atoms with Gasteiger partial charge in [0.2, 0.25) is 6.79 Å². The number of rotatable bonds is 2. The molecule has 14 heavy (non-hydrogen) atoms. The molecule has 74 valence electrons. The highest BCUT2D eigenvalue weighted by Crippen LogP contribution is 2.37. The lowest BCUT2D eigenvalue weighted by atomic mass is 10.2. The van der Waals surface area contributed by atoms with Gasteiger partial charge in [-0.15, -0.1) is 0 Å². The van der Waals surface area contributed by atoms with Crippen LogP contribution in [-0.4, -0.2) is 20.1 Å². The highest BCUT2D eigenvalue weighted by molar-refractivity contribution is 5.85. The summed E-state index contributed by atoms with van der Waals surface area (Å²) in [5.41, 5.74) is 0.763. The molecule has 0 spiro atoms. The van der Waals surface area contributed by atoms with Crippen molar-refractivity contribution in [2.45, 2.75) is 0 Å². The fourth-order valence-electron chi connectivity index (χ4n) is 1.30. The van der Waals surface area contributed by atoms with Crippen LogP contribution in [0, 0.1) is 0 Å². The van der Waals surface area contributed by atoms with Crippen molar-refractivity contribution < 1.29 is 14.2 Å². The largest absolute Gasteiger partial charge is 0.496 e. The van der Waals surface area contributed by atoms with Crippen LogP contribution < -0.4 is 20.1 Å². The van der Waals surface area contributed by atoms with Crippen molar-refractivity contribution in [2.75, 3.05) is 13.9 Å². The molecule has 0 aliphatic carbocycles. The van der Waals surface area contributed by atoms with Gasteiger partial charge in [-0.05, 0) is 6.07 Å². The van der Waals surface area contributed by atoms with Gasteiger partial charge in [-0.3, -0.25) is 0 Å². The molecule has 1 heterocycles. The molecule has 5 nitrogen and oxygen atoms in total. The van der Waals surface area contributed by atoms with Crippen LogP contribution in [0.2, 0.25) is 0 Å². The number of nitrogens with zero attached hydrogens (tertiary/aromatic N) is 1. The summed E-state index contributed by atoms with van der Waals surface area (Å²) in [5, 5.41) is 3.44. The number of hydrogen-bond acceptors (Lipinski definition) is 5. The first kappa shape index (κ1) is 8.68. The van der Waals surface area contributed by atoms with E-state index in [4.69, 9.17) is 20.1 Å². The van der Waals surface area contributed by atoms with Gasteiger partial charge in [-0.1, -0.05) is 0 Å². The highest BCUT2D eigenvalue weighted by Gasteiger charge is 2.16. The van der Waals surface area contributed by atoms with Crippen LogP contribution in [0.25, 0.3) is 0 Å². The molecule has 0 fully saturated rings. The Hall–Kier alpha value is -1.91. The number of nitrogens with two attached hydrogens (primary N) is 1. The fraction of sp³-hybridized carbons (Fsp3) is 0.222. The number of methoxy groups -OCH3 is 1. The lowest BCUT2D eigenvalue weighted by Crippen LogP contribution is -1.93. The van der Waals surface area contributed by atoms with E-state index in [0.717, 1.165) is 5.56 Å². The SMILES string of the molecule is COc1cc2c(cc1C=NN)OCO2. The summed E-state index contributed by atoms with van der Waals surface area (Å²) < 4.78 is 15.5. The van der Waals surface area contributed by atoms with E-state index in [-0.39, 0.29) is 6.79 Å². The summed E-state index contributed by atoms with van der Waals surface area (Å²) in [6.45, 7) is 0.238. The Bertz CT molecular complexity index is 377. The second-order valence-electron chi connectivity index (χ2n) is 2.73. The molecule has 0 amide bonds. The Kier molecular flexibility index (Phi) is 2.14. The first-order valence-corrected chi connectivity index (χ1v) is 4.06. The van der Waals surface area contributed by atoms with E-state index in [1.807, 2.05) is 0 Å². The molecule has 2 N–H and O–H groups in total. The molecule has 1 aliphatic heterocycles. The van der Waals surface area contributed by atoms with Gasteiger partial charge in [-0.2, -0.15) is 5.10 Å². The number of ether oxygens (including phenoxy) is 3. The second kappa shape index (κ2) is 3.45. The Morgan fingerprint density at radius 3 is 2.79 bits per heavy atom. The van der Waals surface area contributed by atoms with E-state index in [1.54, 1.807) is 19.2 Å². The number of hydrogen-bond donors (Lipinski definition) is 1. The second-order valence-corrected chi connectivity index (χ2v) is 2.73. The molecule has 1 aromatic rings. The molecular weight excluding hydrogens is 184 g/mol. The standard InChI is InChI=1S/C9H10N2O3/c1-12-7-3-9-8(13-5-14-9)2-6(7)4-11-10/h2-4H,5,10H2,1H3. The fourth-order valence-corrected chi connectivity index (χ4v) is 1.30. The van der Waals surface area contributed by atoms with Gasteiger partial charge in [0.05, 0.1) is 13.3 Å². The van der Waals surface area contributed by atoms with Gasteiger partial charge in [-0.25, -0.2) is 0 Å². The molecule has 0 aromatic heterocycles. The van der Waals surface area contributed by atoms with Crippen molar-refractivity contribution in [1.82, 2.24) is 0 Å². The zero-order valence-electron chi connectivity index (χ0n) is 7.69. The van der Waals surface area contributed by atoms with Crippen LogP contribution in [0.4, 0.5) is 0 Å². The van der Waals surface area contributed by atoms with Crippen molar-refractivity contribution >= 4 is 6.21 Å². The maximum Gasteiger partial charge on any atom is 0.231 e. The molecule has 1 aromatic carbocycles. The molecular formula is C9H10N2O3. The van der Waals surface area contributed by atoms with Gasteiger partial charge >= 0.3 is 0 Å². The quantitative estimate of drug-likeness (QED) is 0.428. The van der Waals surface area contributed by atoms with E-state index in [0.29, 0.717) is 17.2 Å². The molecule has 2 rings (SSSR count). The van der Waals surface area contributed by atoms with Crippen LogP contribution >= 0.6 is 0 Å². The van der Waals surface area contributed by atoms with Gasteiger partial charge in [0.25, 0.3) is 0 Å². The zero-order chi connectivity index (χ0) is 9.97. The van der Waals surface area contributed by atoms with Crippen molar-refractivity contribution in [3.63, 3.8) is 0 Å². The van der Waals surface area contributed by atoms with Crippen LogP contribution in [0.3, 0.4) is 0 Å². The van der Waals surface area contributed by atoms with Gasteiger partial charge in [0.1, 0.15) is 5.75 Å². The summed E-state index contributed by atoms with van der Waals surface area (Å²) in [4.78, 5) is 0. The molecule has 5 heteroatoms. The van der Waals surface area contributed by atoms with E-state index < -0.39 is 0 Å². The first-order chi connectivity index (χ1) is 6.85. The molecule has 1 aliphatic rings. The van der Waals surface area contributed by atoms with Crippen LogP contribution in [0.5, 0.6) is 17.2 Å². The van der Waals surface area contributed by atoms with Crippen molar-refractivity contribution in [3.05, 3.63) is 17.7 Å². The van der Waals surface area contributed by atoms with Gasteiger partial charge in [0.15, 0.2) is 11.5 Å². The molecule has 0 unspecified atom stereocenters. The number of hydrazone groups is 1. The van der Waals surface area contributed by atoms with Crippen molar-refractivity contribution in [3.8, 4) is 17.2 Å². The molecule has 0 saturated carbocycles. The van der Waals surface area contributed by atoms with E-state index in [9.17, 15) is 0 Å². The minimum absolute atomic E-state index is 0.238. The summed E-state index contributed by atoms with van der Waals surface area (Å²) in [6.07, 6.45) is 1.50. The Morgan fingerprint density at radius 1 is 1.43 bits per heavy atom. The van der Waals surface area contributed by atoms with Crippen molar-refractivity contribution in [1.29, 1.82) is 0 Å². The normalized spacial score (nSPS) is 13.5. The summed E-state index contributed by atoms with van der Waals surface area (Å²) in [7, 11) is 1.57. The van der Waals surface area contributed by atoms with Crippen LogP contribution in [0.1, 0.15) is 5.56 Å². The van der Waals surface area contributed by atoms with Gasteiger partial charge < -0.3 is 20.1 Å². The zero-order valence-corrected chi connectivity index (χ0v) is 7.69. The molecule has 0 saturated heterocycles. The third-order valence-electron chi connectivity index (χ3n) is 1.94. The summed E-state index contributed by atoms with van der Waals surface area (Å²) in [6, 6.07) is 3.52. The predicted octanol–water partition coefficient (Wildman–Crippen LogP) is 0.716. The predicted molar refractivity (Wildman–Crippen MR) is 50.9 cm³/mol. The topological polar surface area (TPSA) is 66.1 Å². The highest BCUT2D eigenvalue weighted by atomic mass is 16.7. The smallest absolute Gasteiger partial charge is 0.231 e. The summed E-state index contributed by atoms with van der Waals surface area (Å²) in [5.74, 6) is 7.09. The van der Waals surface area contributed by atoms with Crippen LogP contribution in [-0.2, 0) is 0 Å². The average Bonchev–Trinajstić information content (AvgIpc) is 2.64. The average molecular weight is 194 g/mol. The number of benzene rings is 1. The lowest BCUT2D eigenvalue weighted by Gasteiger charge is -2.05. The lowest BCUT2D eigenvalue weighted by molar-refractivity contribution is 0.174. The monoisotopic (exact) mass is 194 g/mol. The maximum atomic E-state index is 5.20. The minimum atomic E-state index is 0.238. The van der Waals surface area contributed by atoms with Gasteiger partial charge in [0, 0.05) is 11.6 Å². The third kappa shape index (κ3) is 1.32. The molecule has 0 bridgehead atoms. The third-order valence-corrected chi connectivity index (χ3v) is 1.94. The van der Waals surface area contributed by atoms with E-state index >= 15 is 0 Å². The van der Waals surface area contributed by atoms with E-state index in [1.165, 1.54) is 6.21 Å². The maximum absolute atomic E-state index is 5.20. The first-order valence-electron chi connectivity index (χ1n) is 4.06. The van der Waals surface area contributed by atoms with Crippen molar-refractivity contribution in [2.24, 2.45) is 10.9 Å². The number of fused-ring (bicyclic) bond motifs is 1. The Morgan fingerprint density at radius 2 is 2.14 bits per heavy atom. The Balaban J connectivity index is 2.48. The van der Waals surface area contributed by atoms with E-state index in [2.05, 4.69) is 5.10 Å². The summed E-state index contributed by atoms with van der Waals surface area (Å²) >= 11 is 0. The molecule has 0 atom stereocenters. The van der Waals surface area contributed by atoms with Crippen LogP contribution in [0.15, 0.2) is 17.2 Å². The minimum Gasteiger partial charge on any atom is -0.496 e. The Labute approximate surface area is 81.1 Å².